The Hall–Kier alpha value is -6.69. The summed E-state index contributed by atoms with van der Waals surface area (Å²) >= 11 is 1.80. The first-order valence-corrected chi connectivity index (χ1v) is 19.1. The molecule has 3 aromatic heterocycles. The van der Waals surface area contributed by atoms with Crippen LogP contribution in [0.4, 0.5) is 0 Å². The molecule has 0 radical (unpaired) electrons. The Labute approximate surface area is 315 Å². The number of thiophene rings is 1. The molecule has 0 saturated heterocycles. The van der Waals surface area contributed by atoms with Crippen molar-refractivity contribution in [3.8, 4) is 33.9 Å². The first-order valence-electron chi connectivity index (χ1n) is 18.3. The molecule has 254 valence electrons. The van der Waals surface area contributed by atoms with Crippen LogP contribution >= 0.6 is 11.3 Å². The summed E-state index contributed by atoms with van der Waals surface area (Å²) < 4.78 is 9.09. The lowest BCUT2D eigenvalue weighted by atomic mass is 9.89. The number of benzene rings is 7. The van der Waals surface area contributed by atoms with Crippen LogP contribution in [0.1, 0.15) is 23.7 Å². The topological polar surface area (TPSA) is 51.8 Å². The molecule has 11 rings (SSSR count). The van der Waals surface area contributed by atoms with E-state index in [4.69, 9.17) is 19.4 Å². The Morgan fingerprint density at radius 3 is 2.11 bits per heavy atom. The molecule has 5 heteroatoms. The molecule has 54 heavy (non-hydrogen) atoms. The molecule has 4 nitrogen and oxygen atoms in total. The SMILES string of the molecule is C1=CC(c2nc(-c3cccc4oc5cc(-c6cccc7ccccc67)ccc5c34)nc(-c3cccc4sc5ccccc5c34)n2)CC(c2ccccc2)=C1. The van der Waals surface area contributed by atoms with Crippen molar-refractivity contribution in [1.29, 1.82) is 0 Å². The highest BCUT2D eigenvalue weighted by molar-refractivity contribution is 7.25. The summed E-state index contributed by atoms with van der Waals surface area (Å²) in [6, 6.07) is 53.4. The third-order valence-electron chi connectivity index (χ3n) is 10.7. The largest absolute Gasteiger partial charge is 0.456 e. The smallest absolute Gasteiger partial charge is 0.164 e. The van der Waals surface area contributed by atoms with Crippen LogP contribution in [0, 0.1) is 0 Å². The zero-order valence-electron chi connectivity index (χ0n) is 29.1. The van der Waals surface area contributed by atoms with Crippen LogP contribution in [0.2, 0.25) is 0 Å². The van der Waals surface area contributed by atoms with Crippen LogP contribution in [-0.4, -0.2) is 15.0 Å². The molecule has 0 fully saturated rings. The van der Waals surface area contributed by atoms with E-state index in [2.05, 4.69) is 158 Å². The van der Waals surface area contributed by atoms with Crippen molar-refractivity contribution in [1.82, 2.24) is 15.0 Å². The van der Waals surface area contributed by atoms with Gasteiger partial charge in [0.05, 0.1) is 0 Å². The number of rotatable bonds is 5. The maximum absolute atomic E-state index is 6.62. The molecule has 0 N–H and O–H groups in total. The molecular weight excluding hydrogens is 679 g/mol. The summed E-state index contributed by atoms with van der Waals surface area (Å²) in [6.45, 7) is 0. The zero-order valence-corrected chi connectivity index (χ0v) is 29.9. The molecular formula is C49H31N3OS. The van der Waals surface area contributed by atoms with Gasteiger partial charge in [0, 0.05) is 48.0 Å². The number of fused-ring (bicyclic) bond motifs is 7. The van der Waals surface area contributed by atoms with Crippen LogP contribution in [0.3, 0.4) is 0 Å². The second kappa shape index (κ2) is 12.5. The van der Waals surface area contributed by atoms with Gasteiger partial charge < -0.3 is 4.42 Å². The fourth-order valence-electron chi connectivity index (χ4n) is 8.14. The van der Waals surface area contributed by atoms with Crippen LogP contribution in [-0.2, 0) is 0 Å². The standard InChI is InChI=1S/C49H31N3OS/c1-2-12-30(13-3-1)32-16-8-17-34(28-32)47-50-48(52-49(51-47)40-22-11-25-44-46(40)38-19-6-7-24-43(38)54-44)39-21-10-23-41-45(39)37-27-26-33(29-42(37)53-41)36-20-9-15-31-14-4-5-18-35(31)36/h1-27,29,34H,28H2. The third kappa shape index (κ3) is 5.08. The molecule has 1 unspecified atom stereocenters. The van der Waals surface area contributed by atoms with E-state index in [1.54, 1.807) is 11.3 Å². The van der Waals surface area contributed by atoms with E-state index in [1.807, 2.05) is 12.1 Å². The van der Waals surface area contributed by atoms with Gasteiger partial charge in [-0.15, -0.1) is 11.3 Å². The number of nitrogens with zero attached hydrogens (tertiary/aromatic N) is 3. The Morgan fingerprint density at radius 1 is 0.519 bits per heavy atom. The van der Waals surface area contributed by atoms with Gasteiger partial charge in [0.25, 0.3) is 0 Å². The molecule has 7 aromatic carbocycles. The van der Waals surface area contributed by atoms with Gasteiger partial charge in [0.2, 0.25) is 0 Å². The van der Waals surface area contributed by atoms with Crippen LogP contribution in [0.15, 0.2) is 174 Å². The molecule has 10 aromatic rings. The number of hydrogen-bond donors (Lipinski definition) is 0. The average molecular weight is 710 g/mol. The van der Waals surface area contributed by atoms with E-state index in [-0.39, 0.29) is 5.92 Å². The highest BCUT2D eigenvalue weighted by atomic mass is 32.1. The maximum Gasteiger partial charge on any atom is 0.164 e. The summed E-state index contributed by atoms with van der Waals surface area (Å²) in [5, 5.41) is 6.87. The first-order chi connectivity index (χ1) is 26.7. The van der Waals surface area contributed by atoms with E-state index in [0.29, 0.717) is 11.6 Å². The molecule has 1 aliphatic rings. The molecule has 0 spiro atoms. The molecule has 3 heterocycles. The van der Waals surface area contributed by atoms with Crippen molar-refractivity contribution in [3.05, 3.63) is 181 Å². The first kappa shape index (κ1) is 30.9. The van der Waals surface area contributed by atoms with E-state index in [0.717, 1.165) is 50.9 Å². The van der Waals surface area contributed by atoms with Crippen molar-refractivity contribution in [3.63, 3.8) is 0 Å². The number of allylic oxidation sites excluding steroid dienone is 4. The Morgan fingerprint density at radius 2 is 1.22 bits per heavy atom. The predicted molar refractivity (Wildman–Crippen MR) is 225 cm³/mol. The summed E-state index contributed by atoms with van der Waals surface area (Å²) in [5.41, 5.74) is 8.36. The molecule has 0 bridgehead atoms. The molecule has 1 atom stereocenters. The van der Waals surface area contributed by atoms with E-state index in [9.17, 15) is 0 Å². The van der Waals surface area contributed by atoms with Crippen LogP contribution < -0.4 is 0 Å². The summed E-state index contributed by atoms with van der Waals surface area (Å²) in [7, 11) is 0. The highest BCUT2D eigenvalue weighted by Gasteiger charge is 2.24. The van der Waals surface area contributed by atoms with Crippen molar-refractivity contribution in [2.24, 2.45) is 0 Å². The predicted octanol–water partition coefficient (Wildman–Crippen LogP) is 13.4. The molecule has 0 amide bonds. The van der Waals surface area contributed by atoms with Gasteiger partial charge in [-0.25, -0.2) is 15.0 Å². The molecule has 0 aliphatic heterocycles. The minimum atomic E-state index is -0.0207. The third-order valence-corrected chi connectivity index (χ3v) is 11.8. The van der Waals surface area contributed by atoms with Gasteiger partial charge in [-0.2, -0.15) is 0 Å². The Kier molecular flexibility index (Phi) is 7.13. The van der Waals surface area contributed by atoms with E-state index < -0.39 is 0 Å². The van der Waals surface area contributed by atoms with Gasteiger partial charge >= 0.3 is 0 Å². The van der Waals surface area contributed by atoms with Gasteiger partial charge in [0.15, 0.2) is 11.6 Å². The average Bonchev–Trinajstić information content (AvgIpc) is 3.82. The number of aromatic nitrogens is 3. The number of furan rings is 1. The fourth-order valence-corrected chi connectivity index (χ4v) is 9.27. The fraction of sp³-hybridized carbons (Fsp3) is 0.0408. The summed E-state index contributed by atoms with van der Waals surface area (Å²) in [4.78, 5) is 15.9. The Bertz CT molecular complexity index is 3150. The minimum Gasteiger partial charge on any atom is -0.456 e. The second-order valence-electron chi connectivity index (χ2n) is 13.9. The van der Waals surface area contributed by atoms with Gasteiger partial charge in [0.1, 0.15) is 17.0 Å². The summed E-state index contributed by atoms with van der Waals surface area (Å²) in [6.07, 6.45) is 7.37. The number of hydrogen-bond acceptors (Lipinski definition) is 5. The lowest BCUT2D eigenvalue weighted by Gasteiger charge is -2.19. The van der Waals surface area contributed by atoms with Crippen molar-refractivity contribution < 1.29 is 4.42 Å². The normalized spacial score (nSPS) is 14.4. The van der Waals surface area contributed by atoms with Crippen molar-refractivity contribution >= 4 is 69.8 Å². The second-order valence-corrected chi connectivity index (χ2v) is 15.0. The van der Waals surface area contributed by atoms with Crippen LogP contribution in [0.25, 0.3) is 92.4 Å². The monoisotopic (exact) mass is 709 g/mol. The lowest BCUT2D eigenvalue weighted by molar-refractivity contribution is 0.669. The van der Waals surface area contributed by atoms with Crippen LogP contribution in [0.5, 0.6) is 0 Å². The van der Waals surface area contributed by atoms with E-state index >= 15 is 0 Å². The maximum atomic E-state index is 6.62. The minimum absolute atomic E-state index is 0.0207. The zero-order chi connectivity index (χ0) is 35.6. The quantitative estimate of drug-likeness (QED) is 0.178. The van der Waals surface area contributed by atoms with Gasteiger partial charge in [-0.3, -0.25) is 0 Å². The van der Waals surface area contributed by atoms with Gasteiger partial charge in [-0.1, -0.05) is 140 Å². The molecule has 0 saturated carbocycles. The van der Waals surface area contributed by atoms with E-state index in [1.165, 1.54) is 47.6 Å². The van der Waals surface area contributed by atoms with Crippen molar-refractivity contribution in [2.75, 3.05) is 0 Å². The molecule has 1 aliphatic carbocycles. The highest BCUT2D eigenvalue weighted by Crippen LogP contribution is 2.42. The van der Waals surface area contributed by atoms with Gasteiger partial charge in [-0.05, 0) is 69.8 Å². The summed E-state index contributed by atoms with van der Waals surface area (Å²) in [5.74, 6) is 2.05. The Balaban J connectivity index is 1.11. The lowest BCUT2D eigenvalue weighted by Crippen LogP contribution is -2.09. The van der Waals surface area contributed by atoms with Crippen molar-refractivity contribution in [2.45, 2.75) is 12.3 Å².